The van der Waals surface area contributed by atoms with Crippen molar-refractivity contribution in [2.75, 3.05) is 55.6 Å². The summed E-state index contributed by atoms with van der Waals surface area (Å²) in [5, 5.41) is 50.6. The van der Waals surface area contributed by atoms with E-state index in [2.05, 4.69) is 39.7 Å². The van der Waals surface area contributed by atoms with Crippen molar-refractivity contribution in [3.8, 4) is 17.2 Å². The van der Waals surface area contributed by atoms with Crippen molar-refractivity contribution in [2.24, 2.45) is 11.7 Å². The van der Waals surface area contributed by atoms with Gasteiger partial charge in [-0.05, 0) is 203 Å². The van der Waals surface area contributed by atoms with Crippen LogP contribution in [0.5, 0.6) is 17.2 Å². The SMILES string of the molecule is CC(C)(C)[O-].NC1CCC1.O=P(Cl)(CC1CCC1)Oc1ccc(Cl)cc1.O=P(Cl)(Cl)Oc1ccc(Cl)cc1.O=c1ccn([C@@H]2O[C@](F)(CO)[C@@H](O)[C@]23CCS3)c(=O)[nH]1.O=c1ccn([C@@H]2O[C@](F)(COP(=O)(NC3CCC3)Oc3ccc(Cl)cc3)[C@@H](O)[C@]23CCS3)c(=O)[nH]1.O=c1ccn([C@@H]2O[C@]3(F)CO[P@@](=O)(NC4CCC4)O[C@H]3[C@]23CCS3)c(=O)[nH]1.O=c1ccn([C@@H]2O[C@]3(F)CO[P@](=O)(NC4CCC4)O[C@H]3[C@]23CCS3)c(=O)[nH]1.[K+]. The summed E-state index contributed by atoms with van der Waals surface area (Å²) in [6.45, 7) is -1.16. The molecule has 0 bridgehead atoms. The molecule has 10 aliphatic heterocycles. The number of aromatic nitrogens is 8. The number of aliphatic hydroxyl groups is 3. The fourth-order valence-corrected chi connectivity index (χ4v) is 31.9. The molecule has 2 unspecified atom stereocenters. The molecule has 15 fully saturated rings. The number of hydrogen-bond acceptors (Lipinski definition) is 34. The van der Waals surface area contributed by atoms with E-state index in [4.69, 9.17) is 130 Å². The predicted molar refractivity (Wildman–Crippen MR) is 545 cm³/mol. The first-order valence-electron chi connectivity index (χ1n) is 46.9. The average Bonchev–Trinajstić information content (AvgIpc) is 1.52. The Hall–Kier alpha value is -3.25. The molecular formula is C87H110Cl6F4KN12O29P5S4. The molecule has 22 rings (SSSR count). The van der Waals surface area contributed by atoms with E-state index in [1.165, 1.54) is 134 Å². The van der Waals surface area contributed by atoms with Gasteiger partial charge in [-0.2, -0.15) is 0 Å². The van der Waals surface area contributed by atoms with Crippen LogP contribution in [0, 0.1) is 5.92 Å². The minimum absolute atomic E-state index is 0. The van der Waals surface area contributed by atoms with E-state index in [0.717, 1.165) is 113 Å². The van der Waals surface area contributed by atoms with Crippen molar-refractivity contribution >= 4 is 152 Å². The number of thioether (sulfide) groups is 4. The monoisotopic (exact) mass is 2390 g/mol. The van der Waals surface area contributed by atoms with E-state index in [1.807, 2.05) is 0 Å². The van der Waals surface area contributed by atoms with E-state index >= 15 is 13.2 Å². The molecule has 148 heavy (non-hydrogen) atoms. The number of aromatic amines is 4. The number of fused-ring (bicyclic) bond motifs is 4. The molecule has 61 heteroatoms. The summed E-state index contributed by atoms with van der Waals surface area (Å²) >= 11 is 38.8. The first-order valence-corrected chi connectivity index (χ1v) is 62.8. The topological polar surface area (TPSA) is 561 Å². The first-order chi connectivity index (χ1) is 69.1. The van der Waals surface area contributed by atoms with Gasteiger partial charge in [0.15, 0.2) is 24.9 Å². The summed E-state index contributed by atoms with van der Waals surface area (Å²) in [6.07, 6.45) is 9.22. The predicted octanol–water partition coefficient (Wildman–Crippen LogP) is 11.4. The van der Waals surface area contributed by atoms with Crippen molar-refractivity contribution in [2.45, 2.75) is 264 Å². The molecule has 3 aromatic carbocycles. The molecule has 15 aliphatic rings. The maximum absolute atomic E-state index is 16.1. The van der Waals surface area contributed by atoms with Gasteiger partial charge in [-0.15, -0.1) is 52.6 Å². The molecule has 41 nitrogen and oxygen atoms in total. The number of benzene rings is 3. The van der Waals surface area contributed by atoms with Gasteiger partial charge in [0.05, 0.1) is 25.1 Å². The van der Waals surface area contributed by atoms with Crippen molar-refractivity contribution < 1.29 is 167 Å². The number of hydrogen-bond donors (Lipinski definition) is 11. The van der Waals surface area contributed by atoms with Crippen LogP contribution in [-0.4, -0.2) is 206 Å². The number of halogens is 10. The van der Waals surface area contributed by atoms with Crippen molar-refractivity contribution in [3.05, 3.63) is 220 Å². The van der Waals surface area contributed by atoms with Gasteiger partial charge in [0, 0.05) is 111 Å². The molecule has 20 atom stereocenters. The summed E-state index contributed by atoms with van der Waals surface area (Å²) in [6, 6.07) is 24.2. The molecule has 14 heterocycles. The number of H-pyrrole nitrogens is 4. The zero-order valence-corrected chi connectivity index (χ0v) is 95.2. The average molecular weight is 2400 g/mol. The summed E-state index contributed by atoms with van der Waals surface area (Å²) in [7, 11) is -11.4. The van der Waals surface area contributed by atoms with Crippen molar-refractivity contribution in [1.29, 1.82) is 0 Å². The maximum atomic E-state index is 16.1. The first kappa shape index (κ1) is 120. The molecule has 12 N–H and O–H groups in total. The molecule has 4 aromatic heterocycles. The summed E-state index contributed by atoms with van der Waals surface area (Å²) < 4.78 is 189. The molecule has 0 amide bonds. The van der Waals surface area contributed by atoms with Gasteiger partial charge in [-0.25, -0.2) is 70.3 Å². The number of nitrogens with one attached hydrogen (secondary N) is 7. The molecule has 10 saturated heterocycles. The van der Waals surface area contributed by atoms with Crippen molar-refractivity contribution in [3.63, 3.8) is 0 Å². The molecule has 812 valence electrons. The van der Waals surface area contributed by atoms with Gasteiger partial charge in [-0.1, -0.05) is 87.7 Å². The van der Waals surface area contributed by atoms with Crippen LogP contribution in [-0.2, 0) is 64.4 Å². The molecule has 0 radical (unpaired) electrons. The molecule has 7 aromatic rings. The second-order valence-electron chi connectivity index (χ2n) is 38.2. The Labute approximate surface area is 932 Å². The Morgan fingerprint density at radius 3 is 1.07 bits per heavy atom. The second kappa shape index (κ2) is 48.9. The van der Waals surface area contributed by atoms with Gasteiger partial charge < -0.3 is 58.7 Å². The van der Waals surface area contributed by atoms with Gasteiger partial charge in [0.25, 0.3) is 45.7 Å². The van der Waals surface area contributed by atoms with E-state index < -0.39 is 205 Å². The van der Waals surface area contributed by atoms with Crippen LogP contribution in [0.25, 0.3) is 0 Å². The van der Waals surface area contributed by atoms with Gasteiger partial charge >= 0.3 is 110 Å². The standard InChI is InChI=1S/C21H24ClFN3O7PS.2C15H19FN3O6PS.C11H13Cl2O2P.C11H13FN2O5S.C6H4Cl3O2P.C4H9N.C4H9O.K/c22-13-4-6-15(7-5-13)33-34(30,25-14-2-1-3-14)31-12-21(23)17(28)20(9-11-35-20)18(32-21)26-10-8-16(27)24-19(26)29;2*16-15-8-23-26(22,18-9-2-1-3-9)25-11(15)14(5-7-27-14)12(24-15)19-6-4-10(20)17-13(19)21;12-10-4-6-11(7-5-10)15-16(13,14)8-9-2-1-3-9;12-11(5-15)7(17)10(2-4-20-10)8(19-11)14-3-1-6(16)13-9(14)18;7-5-1-3-6(4-2-5)11-12(8,9)10;5-4-2-1-3-4;1-4(2,3)5;/h4-8,10,14,17-18,28H,1-3,9,11-12H2,(H,25,30)(H,24,27,29);2*4,6,9,11-12H,1-3,5,7-8H2,(H,18,22)(H,17,20,21);4-7,9H,1-3,8H2;1,3,7-8,15,17H,2,4-5H2,(H,13,16,18);1-4H;4H,1-3,5H2;1-3H3;/q;;;;;;;-1;+1/t17-,18+,20+,21+,34?;11-,12+,14+,15+,26+;11-,12+,14+,15+,26-;;7-,8+,10+,11+;;;;/m000.0..../s1. The van der Waals surface area contributed by atoms with Gasteiger partial charge in [0.2, 0.25) is 0 Å². The maximum Gasteiger partial charge on any atom is 1.00 e. The third-order valence-electron chi connectivity index (χ3n) is 26.5. The summed E-state index contributed by atoms with van der Waals surface area (Å²) in [5.74, 6) is -5.79. The zero-order chi connectivity index (χ0) is 106. The molecular weight excluding hydrogens is 2290 g/mol. The Kier molecular flexibility index (Phi) is 39.7. The van der Waals surface area contributed by atoms with Crippen LogP contribution >= 0.6 is 152 Å². The Morgan fingerprint density at radius 2 is 0.791 bits per heavy atom. The third kappa shape index (κ3) is 28.4. The number of aliphatic hydroxyl groups excluding tert-OH is 3. The van der Waals surface area contributed by atoms with Crippen LogP contribution in [0.3, 0.4) is 0 Å². The zero-order valence-electron chi connectivity index (χ0n) is 79.8. The number of nitrogens with zero attached hydrogens (tertiary/aromatic N) is 4. The second-order valence-corrected chi connectivity index (χ2v) is 58.0. The van der Waals surface area contributed by atoms with Gasteiger partial charge in [0.1, 0.15) is 68.1 Å². The third-order valence-corrected chi connectivity index (χ3v) is 41.3. The van der Waals surface area contributed by atoms with Crippen LogP contribution in [0.4, 0.5) is 17.6 Å². The van der Waals surface area contributed by atoms with Crippen LogP contribution in [0.2, 0.25) is 15.1 Å². The molecule has 4 spiro atoms. The number of rotatable bonds is 22. The Morgan fingerprint density at radius 1 is 0.486 bits per heavy atom. The number of ether oxygens (including phenoxy) is 4. The van der Waals surface area contributed by atoms with E-state index in [0.29, 0.717) is 81.9 Å². The fraction of sp³-hybridized carbons (Fsp3) is 0.609. The van der Waals surface area contributed by atoms with Crippen LogP contribution in [0.1, 0.15) is 168 Å². The van der Waals surface area contributed by atoms with E-state index in [1.54, 1.807) is 69.3 Å². The largest absolute Gasteiger partial charge is 1.00 e. The van der Waals surface area contributed by atoms with Crippen LogP contribution in [0.15, 0.2) is 160 Å². The number of nitrogens with two attached hydrogens (primary N) is 1. The fourth-order valence-electron chi connectivity index (χ4n) is 17.5. The van der Waals surface area contributed by atoms with E-state index in [-0.39, 0.29) is 75.3 Å². The van der Waals surface area contributed by atoms with Crippen molar-refractivity contribution in [1.82, 2.24) is 53.5 Å². The quantitative estimate of drug-likeness (QED) is 0.0171. The molecule has 5 saturated carbocycles. The van der Waals surface area contributed by atoms with E-state index in [9.17, 15) is 80.9 Å². The normalized spacial score (nSPS) is 33.3. The summed E-state index contributed by atoms with van der Waals surface area (Å²) in [4.78, 5) is 102. The minimum Gasteiger partial charge on any atom is -0.850 e. The molecule has 5 aliphatic carbocycles. The Bertz CT molecular complexity index is 6440. The summed E-state index contributed by atoms with van der Waals surface area (Å²) in [5.41, 5.74) is -0.596. The Balaban J connectivity index is 0.000000141. The van der Waals surface area contributed by atoms with Crippen LogP contribution < -0.4 is 136 Å². The number of alkyl halides is 4. The smallest absolute Gasteiger partial charge is 0.850 e. The van der Waals surface area contributed by atoms with Gasteiger partial charge in [-0.3, -0.25) is 84.6 Å². The minimum atomic E-state index is -4.09.